The molecule has 1 atom stereocenters. The van der Waals surface area contributed by atoms with Crippen LogP contribution in [-0.4, -0.2) is 27.9 Å². The summed E-state index contributed by atoms with van der Waals surface area (Å²) < 4.78 is 0.762. The molecule has 0 aliphatic heterocycles. The number of aromatic nitrogens is 2. The van der Waals surface area contributed by atoms with Gasteiger partial charge in [-0.3, -0.25) is 4.79 Å². The average molecular weight is 334 g/mol. The third-order valence-corrected chi connectivity index (χ3v) is 4.84. The number of hydrogen-bond acceptors (Lipinski definition) is 6. The summed E-state index contributed by atoms with van der Waals surface area (Å²) in [5.74, 6) is -0.0512. The van der Waals surface area contributed by atoms with Crippen molar-refractivity contribution in [3.63, 3.8) is 0 Å². The van der Waals surface area contributed by atoms with E-state index < -0.39 is 0 Å². The number of carbonyl (C=O) groups is 1. The molecule has 0 spiro atoms. The molecule has 2 rings (SSSR count). The van der Waals surface area contributed by atoms with Crippen molar-refractivity contribution in [2.75, 3.05) is 17.2 Å². The highest BCUT2D eigenvalue weighted by atomic mass is 32.2. The molecule has 0 aliphatic rings. The lowest BCUT2D eigenvalue weighted by molar-refractivity contribution is -0.115. The van der Waals surface area contributed by atoms with Crippen LogP contribution in [0.2, 0.25) is 0 Å². The van der Waals surface area contributed by atoms with Gasteiger partial charge < -0.3 is 10.6 Å². The van der Waals surface area contributed by atoms with Crippen molar-refractivity contribution >= 4 is 39.8 Å². The van der Waals surface area contributed by atoms with E-state index in [4.69, 9.17) is 0 Å². The molecule has 1 aromatic heterocycles. The maximum absolute atomic E-state index is 12.2. The molecular formula is C15H18N4OS2. The fourth-order valence-electron chi connectivity index (χ4n) is 1.57. The molecule has 0 fully saturated rings. The first-order valence-corrected chi connectivity index (χ1v) is 8.50. The van der Waals surface area contributed by atoms with Crippen LogP contribution in [0.3, 0.4) is 0 Å². The van der Waals surface area contributed by atoms with Crippen LogP contribution in [0, 0.1) is 6.92 Å². The number of amides is 1. The molecule has 1 unspecified atom stereocenters. The Hall–Kier alpha value is -1.86. The highest BCUT2D eigenvalue weighted by molar-refractivity contribution is 8.02. The smallest absolute Gasteiger partial charge is 0.237 e. The molecule has 1 amide bonds. The van der Waals surface area contributed by atoms with E-state index >= 15 is 0 Å². The van der Waals surface area contributed by atoms with Gasteiger partial charge in [-0.2, -0.15) is 0 Å². The summed E-state index contributed by atoms with van der Waals surface area (Å²) in [6.07, 6.45) is 1.76. The van der Waals surface area contributed by atoms with Crippen molar-refractivity contribution in [2.45, 2.75) is 23.4 Å². The van der Waals surface area contributed by atoms with Gasteiger partial charge in [0.1, 0.15) is 0 Å². The highest BCUT2D eigenvalue weighted by Crippen LogP contribution is 2.29. The second kappa shape index (κ2) is 7.95. The molecule has 7 heteroatoms. The summed E-state index contributed by atoms with van der Waals surface area (Å²) in [7, 11) is 0. The van der Waals surface area contributed by atoms with Gasteiger partial charge in [0.05, 0.1) is 5.25 Å². The van der Waals surface area contributed by atoms with Gasteiger partial charge in [0.25, 0.3) is 0 Å². The van der Waals surface area contributed by atoms with E-state index in [9.17, 15) is 4.79 Å². The zero-order valence-electron chi connectivity index (χ0n) is 12.5. The van der Waals surface area contributed by atoms with E-state index in [0.717, 1.165) is 20.7 Å². The Bertz CT molecular complexity index is 639. The second-order valence-corrected chi connectivity index (χ2v) is 7.22. The number of hydrogen-bond donors (Lipinski definition) is 2. The molecule has 1 aromatic carbocycles. The minimum atomic E-state index is -0.249. The van der Waals surface area contributed by atoms with Gasteiger partial charge in [-0.1, -0.05) is 46.9 Å². The van der Waals surface area contributed by atoms with E-state index in [1.807, 2.05) is 38.1 Å². The number of carbonyl (C=O) groups excluding carboxylic acids is 1. The van der Waals surface area contributed by atoms with Gasteiger partial charge in [0.15, 0.2) is 4.34 Å². The Morgan fingerprint density at radius 1 is 1.41 bits per heavy atom. The number of nitrogens with one attached hydrogen (secondary N) is 2. The van der Waals surface area contributed by atoms with E-state index in [1.54, 1.807) is 6.08 Å². The van der Waals surface area contributed by atoms with E-state index in [2.05, 4.69) is 27.4 Å². The maximum atomic E-state index is 12.2. The van der Waals surface area contributed by atoms with Gasteiger partial charge in [-0.15, -0.1) is 16.8 Å². The Kier molecular flexibility index (Phi) is 5.97. The number of nitrogens with zero attached hydrogens (tertiary/aromatic N) is 2. The summed E-state index contributed by atoms with van der Waals surface area (Å²) in [6, 6.07) is 7.73. The van der Waals surface area contributed by atoms with Gasteiger partial charge in [0, 0.05) is 12.2 Å². The molecule has 5 nitrogen and oxygen atoms in total. The molecular weight excluding hydrogens is 316 g/mol. The Labute approximate surface area is 138 Å². The van der Waals surface area contributed by atoms with Crippen LogP contribution in [-0.2, 0) is 4.79 Å². The van der Waals surface area contributed by atoms with Crippen LogP contribution in [0.4, 0.5) is 10.8 Å². The molecule has 0 saturated heterocycles. The van der Waals surface area contributed by atoms with Crippen molar-refractivity contribution in [1.29, 1.82) is 0 Å². The van der Waals surface area contributed by atoms with Crippen LogP contribution in [0.1, 0.15) is 12.5 Å². The van der Waals surface area contributed by atoms with Gasteiger partial charge in [-0.05, 0) is 26.0 Å². The minimum Gasteiger partial charge on any atom is -0.357 e. The van der Waals surface area contributed by atoms with Gasteiger partial charge in [-0.25, -0.2) is 0 Å². The third kappa shape index (κ3) is 4.85. The van der Waals surface area contributed by atoms with Crippen molar-refractivity contribution in [1.82, 2.24) is 10.2 Å². The van der Waals surface area contributed by atoms with Crippen molar-refractivity contribution in [2.24, 2.45) is 0 Å². The Morgan fingerprint density at radius 2 is 2.14 bits per heavy atom. The first-order valence-electron chi connectivity index (χ1n) is 6.81. The summed E-state index contributed by atoms with van der Waals surface area (Å²) in [5.41, 5.74) is 1.96. The molecule has 0 saturated carbocycles. The number of thioether (sulfide) groups is 1. The SMILES string of the molecule is C=CCNc1nnc(SC(C)C(=O)Nc2ccc(C)cc2)s1. The molecule has 2 N–H and O–H groups in total. The van der Waals surface area contributed by atoms with Crippen LogP contribution >= 0.6 is 23.1 Å². The van der Waals surface area contributed by atoms with Crippen molar-refractivity contribution < 1.29 is 4.79 Å². The molecule has 116 valence electrons. The second-order valence-electron chi connectivity index (χ2n) is 4.66. The fourth-order valence-corrected chi connectivity index (χ4v) is 3.48. The van der Waals surface area contributed by atoms with Gasteiger partial charge >= 0.3 is 0 Å². The lowest BCUT2D eigenvalue weighted by atomic mass is 10.2. The minimum absolute atomic E-state index is 0.0512. The van der Waals surface area contributed by atoms with Crippen LogP contribution < -0.4 is 10.6 Å². The van der Waals surface area contributed by atoms with Crippen LogP contribution in [0.25, 0.3) is 0 Å². The lowest BCUT2D eigenvalue weighted by Crippen LogP contribution is -2.22. The Morgan fingerprint density at radius 3 is 2.82 bits per heavy atom. The fraction of sp³-hybridized carbons (Fsp3) is 0.267. The maximum Gasteiger partial charge on any atom is 0.237 e. The molecule has 1 heterocycles. The summed E-state index contributed by atoms with van der Waals surface area (Å²) in [5, 5.41) is 14.5. The lowest BCUT2D eigenvalue weighted by Gasteiger charge is -2.10. The predicted molar refractivity (Wildman–Crippen MR) is 93.7 cm³/mol. The third-order valence-electron chi connectivity index (χ3n) is 2.77. The predicted octanol–water partition coefficient (Wildman–Crippen LogP) is 3.56. The standard InChI is InChI=1S/C15H18N4OS2/c1-4-9-16-14-18-19-15(22-14)21-11(3)13(20)17-12-7-5-10(2)6-8-12/h4-8,11H,1,9H2,2-3H3,(H,16,18)(H,17,20). The zero-order chi connectivity index (χ0) is 15.9. The Balaban J connectivity index is 1.89. The number of aryl methyl sites for hydroxylation is 1. The van der Waals surface area contributed by atoms with Crippen molar-refractivity contribution in [3.05, 3.63) is 42.5 Å². The molecule has 0 aliphatic carbocycles. The van der Waals surface area contributed by atoms with Crippen LogP contribution in [0.5, 0.6) is 0 Å². The average Bonchev–Trinajstić information content (AvgIpc) is 2.95. The summed E-state index contributed by atoms with van der Waals surface area (Å²) >= 11 is 2.82. The van der Waals surface area contributed by atoms with E-state index in [0.29, 0.717) is 6.54 Å². The monoisotopic (exact) mass is 334 g/mol. The number of rotatable bonds is 7. The largest absolute Gasteiger partial charge is 0.357 e. The summed E-state index contributed by atoms with van der Waals surface area (Å²) in [4.78, 5) is 12.2. The molecule has 2 aromatic rings. The topological polar surface area (TPSA) is 66.9 Å². The van der Waals surface area contributed by atoms with E-state index in [-0.39, 0.29) is 11.2 Å². The van der Waals surface area contributed by atoms with Crippen molar-refractivity contribution in [3.8, 4) is 0 Å². The molecule has 0 radical (unpaired) electrons. The number of anilines is 2. The van der Waals surface area contributed by atoms with Gasteiger partial charge in [0.2, 0.25) is 11.0 Å². The molecule has 22 heavy (non-hydrogen) atoms. The quantitative estimate of drug-likeness (QED) is 0.598. The summed E-state index contributed by atoms with van der Waals surface area (Å²) in [6.45, 7) is 8.14. The van der Waals surface area contributed by atoms with Crippen LogP contribution in [0.15, 0.2) is 41.3 Å². The van der Waals surface area contributed by atoms with E-state index in [1.165, 1.54) is 23.1 Å². The zero-order valence-corrected chi connectivity index (χ0v) is 14.1. The first kappa shape index (κ1) is 16.5. The first-order chi connectivity index (χ1) is 10.6. The normalized spacial score (nSPS) is 11.7. The highest BCUT2D eigenvalue weighted by Gasteiger charge is 2.17. The molecule has 0 bridgehead atoms. The number of benzene rings is 1.